The maximum Gasteiger partial charge on any atom is 0.353 e. The molecule has 9 nitrogen and oxygen atoms in total. The zero-order valence-electron chi connectivity index (χ0n) is 14.1. The smallest absolute Gasteiger partial charge is 0.353 e. The van der Waals surface area contributed by atoms with Gasteiger partial charge in [-0.1, -0.05) is 6.07 Å². The molecule has 1 aromatic carbocycles. The Balaban J connectivity index is 2.03. The zero-order chi connectivity index (χ0) is 19.6. The number of carbonyl (C=O) groups is 2. The highest BCUT2D eigenvalue weighted by atomic mass is 16.5. The Morgan fingerprint density at radius 3 is 2.59 bits per heavy atom. The first-order valence-electron chi connectivity index (χ1n) is 7.71. The van der Waals surface area contributed by atoms with Crippen molar-refractivity contribution in [3.63, 3.8) is 0 Å². The molecule has 0 aliphatic carbocycles. The number of amides is 1. The molecule has 0 saturated carbocycles. The Morgan fingerprint density at radius 2 is 1.96 bits per heavy atom. The molecule has 0 bridgehead atoms. The van der Waals surface area contributed by atoms with Gasteiger partial charge >= 0.3 is 11.6 Å². The molecule has 0 atom stereocenters. The minimum atomic E-state index is -1.29. The number of carbonyl (C=O) groups excluding carboxylic acids is 1. The van der Waals surface area contributed by atoms with E-state index in [1.165, 1.54) is 19.2 Å². The molecule has 0 spiro atoms. The van der Waals surface area contributed by atoms with Crippen molar-refractivity contribution >= 4 is 22.8 Å². The van der Waals surface area contributed by atoms with Crippen molar-refractivity contribution in [2.45, 2.75) is 0 Å². The predicted octanol–water partition coefficient (Wildman–Crippen LogP) is 1.38. The summed E-state index contributed by atoms with van der Waals surface area (Å²) in [6.45, 7) is -0.695. The molecule has 3 N–H and O–H groups in total. The summed E-state index contributed by atoms with van der Waals surface area (Å²) in [7, 11) is 1.50. The van der Waals surface area contributed by atoms with Gasteiger partial charge in [-0.3, -0.25) is 9.59 Å². The maximum atomic E-state index is 12.1. The molecule has 0 aliphatic heterocycles. The van der Waals surface area contributed by atoms with Crippen LogP contribution in [0.2, 0.25) is 0 Å². The number of ether oxygens (including phenoxy) is 1. The molecule has 0 saturated heterocycles. The number of benzene rings is 1. The van der Waals surface area contributed by atoms with Crippen LogP contribution in [-0.2, 0) is 4.79 Å². The quantitative estimate of drug-likeness (QED) is 0.573. The van der Waals surface area contributed by atoms with E-state index in [-0.39, 0.29) is 11.0 Å². The van der Waals surface area contributed by atoms with Crippen LogP contribution >= 0.6 is 0 Å². The number of methoxy groups -OCH3 is 1. The number of carboxylic acid groups (broad SMARTS) is 1. The van der Waals surface area contributed by atoms with Crippen LogP contribution in [0.4, 0.5) is 0 Å². The second-order valence-corrected chi connectivity index (χ2v) is 5.49. The fraction of sp³-hybridized carbons (Fsp3) is 0.111. The first-order valence-corrected chi connectivity index (χ1v) is 7.71. The predicted molar refractivity (Wildman–Crippen MR) is 93.9 cm³/mol. The summed E-state index contributed by atoms with van der Waals surface area (Å²) >= 11 is 0. The Labute approximate surface area is 151 Å². The lowest BCUT2D eigenvalue weighted by atomic mass is 10.0. The van der Waals surface area contributed by atoms with Crippen LogP contribution < -0.4 is 15.7 Å². The molecule has 3 rings (SSSR count). The Morgan fingerprint density at radius 1 is 1.22 bits per heavy atom. The number of aromatic nitrogens is 1. The normalized spacial score (nSPS) is 10.6. The van der Waals surface area contributed by atoms with E-state index in [0.29, 0.717) is 11.4 Å². The zero-order valence-corrected chi connectivity index (χ0v) is 14.1. The molecule has 138 valence electrons. The molecule has 2 heterocycles. The van der Waals surface area contributed by atoms with E-state index in [4.69, 9.17) is 14.3 Å². The maximum absolute atomic E-state index is 12.1. The van der Waals surface area contributed by atoms with Gasteiger partial charge in [0.2, 0.25) is 5.88 Å². The number of nitrogens with one attached hydrogen (secondary N) is 1. The van der Waals surface area contributed by atoms with Crippen molar-refractivity contribution in [1.29, 1.82) is 0 Å². The Bertz CT molecular complexity index is 1090. The van der Waals surface area contributed by atoms with Crippen molar-refractivity contribution in [1.82, 2.24) is 10.3 Å². The number of nitrogens with zero attached hydrogens (tertiary/aromatic N) is 1. The highest BCUT2D eigenvalue weighted by Gasteiger charge is 2.21. The average Bonchev–Trinajstić information content (AvgIpc) is 2.66. The summed E-state index contributed by atoms with van der Waals surface area (Å²) in [5, 5.41) is 21.1. The number of aliphatic carboxylic acids is 1. The first kappa shape index (κ1) is 17.9. The summed E-state index contributed by atoms with van der Waals surface area (Å²) in [4.78, 5) is 38.7. The van der Waals surface area contributed by atoms with Gasteiger partial charge in [-0.05, 0) is 23.8 Å². The molecular formula is C18H14N2O7. The molecule has 0 unspecified atom stereocenters. The van der Waals surface area contributed by atoms with Gasteiger partial charge in [0.25, 0.3) is 5.91 Å². The van der Waals surface area contributed by atoms with Crippen molar-refractivity contribution in [2.24, 2.45) is 0 Å². The molecule has 3 aromatic rings. The van der Waals surface area contributed by atoms with E-state index in [1.807, 2.05) is 5.32 Å². The topological polar surface area (TPSA) is 139 Å². The molecule has 0 aliphatic rings. The van der Waals surface area contributed by atoms with E-state index < -0.39 is 35.4 Å². The minimum absolute atomic E-state index is 0.0700. The van der Waals surface area contributed by atoms with Crippen LogP contribution in [0.3, 0.4) is 0 Å². The summed E-state index contributed by atoms with van der Waals surface area (Å²) in [5.41, 5.74) is -0.262. The lowest BCUT2D eigenvalue weighted by Crippen LogP contribution is -2.32. The highest BCUT2D eigenvalue weighted by Crippen LogP contribution is 2.30. The second kappa shape index (κ2) is 7.16. The average molecular weight is 370 g/mol. The van der Waals surface area contributed by atoms with E-state index in [0.717, 1.165) is 5.56 Å². The Kier molecular flexibility index (Phi) is 4.75. The largest absolute Gasteiger partial charge is 0.506 e. The van der Waals surface area contributed by atoms with E-state index in [9.17, 15) is 19.5 Å². The van der Waals surface area contributed by atoms with Crippen LogP contribution in [0.5, 0.6) is 11.6 Å². The van der Waals surface area contributed by atoms with Crippen LogP contribution in [0.25, 0.3) is 22.1 Å². The van der Waals surface area contributed by atoms with Crippen molar-refractivity contribution in [3.05, 3.63) is 52.5 Å². The first-order chi connectivity index (χ1) is 12.9. The monoisotopic (exact) mass is 370 g/mol. The number of fused-ring (bicyclic) bond motifs is 1. The molecule has 27 heavy (non-hydrogen) atoms. The van der Waals surface area contributed by atoms with Crippen LogP contribution in [0.15, 0.2) is 45.7 Å². The third-order valence-corrected chi connectivity index (χ3v) is 3.79. The van der Waals surface area contributed by atoms with Crippen LogP contribution in [0, 0.1) is 0 Å². The number of pyridine rings is 1. The molecule has 0 radical (unpaired) electrons. The van der Waals surface area contributed by atoms with Gasteiger partial charge < -0.3 is 24.7 Å². The van der Waals surface area contributed by atoms with Gasteiger partial charge in [0.1, 0.15) is 17.9 Å². The summed E-state index contributed by atoms with van der Waals surface area (Å²) < 4.78 is 10.1. The molecule has 9 heteroatoms. The molecular weight excluding hydrogens is 356 g/mol. The van der Waals surface area contributed by atoms with Gasteiger partial charge in [-0.25, -0.2) is 9.78 Å². The van der Waals surface area contributed by atoms with Crippen LogP contribution in [0.1, 0.15) is 10.4 Å². The van der Waals surface area contributed by atoms with Crippen LogP contribution in [-0.4, -0.2) is 40.7 Å². The lowest BCUT2D eigenvalue weighted by molar-refractivity contribution is -0.135. The Hall–Kier alpha value is -3.88. The van der Waals surface area contributed by atoms with Gasteiger partial charge in [0.05, 0.1) is 12.5 Å². The third kappa shape index (κ3) is 3.56. The minimum Gasteiger partial charge on any atom is -0.506 e. The molecule has 0 fully saturated rings. The van der Waals surface area contributed by atoms with Crippen molar-refractivity contribution < 1.29 is 29.0 Å². The number of hydrogen-bond donors (Lipinski definition) is 3. The second-order valence-electron chi connectivity index (χ2n) is 5.49. The number of hydrogen-bond acceptors (Lipinski definition) is 7. The summed E-state index contributed by atoms with van der Waals surface area (Å²) in [6.07, 6.45) is 1.58. The highest BCUT2D eigenvalue weighted by molar-refractivity contribution is 6.02. The van der Waals surface area contributed by atoms with Crippen molar-refractivity contribution in [2.75, 3.05) is 13.7 Å². The van der Waals surface area contributed by atoms with Crippen molar-refractivity contribution in [3.8, 4) is 22.8 Å². The SMILES string of the molecule is COc1ccc(-c2ccc3c(O)c(C(=O)NCC(=O)O)c(=O)oc3c2)cn1. The number of rotatable bonds is 5. The number of carboxylic acids is 1. The standard InChI is InChI=1S/C18H14N2O7/c1-26-13-5-3-10(7-19-13)9-2-4-11-12(6-9)27-18(25)15(16(11)23)17(24)20-8-14(21)22/h2-7,23H,8H2,1H3,(H,20,24)(H,21,22). The lowest BCUT2D eigenvalue weighted by Gasteiger charge is -2.08. The van der Waals surface area contributed by atoms with E-state index in [1.54, 1.807) is 24.4 Å². The summed E-state index contributed by atoms with van der Waals surface area (Å²) in [6, 6.07) is 8.10. The van der Waals surface area contributed by atoms with Gasteiger partial charge in [-0.15, -0.1) is 0 Å². The van der Waals surface area contributed by atoms with Gasteiger partial charge in [0, 0.05) is 17.8 Å². The fourth-order valence-electron chi connectivity index (χ4n) is 2.48. The summed E-state index contributed by atoms with van der Waals surface area (Å²) in [5.74, 6) is -2.45. The van der Waals surface area contributed by atoms with E-state index >= 15 is 0 Å². The third-order valence-electron chi connectivity index (χ3n) is 3.79. The van der Waals surface area contributed by atoms with E-state index in [2.05, 4.69) is 4.98 Å². The van der Waals surface area contributed by atoms with Gasteiger partial charge in [-0.2, -0.15) is 0 Å². The molecule has 1 amide bonds. The molecule has 2 aromatic heterocycles. The number of aromatic hydroxyl groups is 1. The fourth-order valence-corrected chi connectivity index (χ4v) is 2.48. The van der Waals surface area contributed by atoms with Gasteiger partial charge in [0.15, 0.2) is 5.56 Å².